The summed E-state index contributed by atoms with van der Waals surface area (Å²) >= 11 is 0. The van der Waals surface area contributed by atoms with Gasteiger partial charge in [0.2, 0.25) is 10.0 Å². The summed E-state index contributed by atoms with van der Waals surface area (Å²) in [5, 5.41) is 3.39. The second-order valence-corrected chi connectivity index (χ2v) is 7.66. The Balaban J connectivity index is 1.56. The van der Waals surface area contributed by atoms with E-state index in [1.165, 1.54) is 32.1 Å². The Bertz CT molecular complexity index is 333. The van der Waals surface area contributed by atoms with E-state index in [9.17, 15) is 8.42 Å². The first-order valence-electron chi connectivity index (χ1n) is 7.36. The number of rotatable bonds is 8. The molecule has 2 aliphatic rings. The summed E-state index contributed by atoms with van der Waals surface area (Å²) in [6, 6.07) is 0.404. The van der Waals surface area contributed by atoms with Crippen molar-refractivity contribution < 1.29 is 8.42 Å². The van der Waals surface area contributed by atoms with Gasteiger partial charge in [0.15, 0.2) is 0 Å². The molecule has 0 aromatic carbocycles. The van der Waals surface area contributed by atoms with Gasteiger partial charge in [-0.05, 0) is 44.6 Å². The molecule has 2 N–H and O–H groups in total. The first kappa shape index (κ1) is 14.3. The van der Waals surface area contributed by atoms with Crippen molar-refractivity contribution in [3.05, 3.63) is 0 Å². The normalized spacial score (nSPS) is 25.2. The van der Waals surface area contributed by atoms with Crippen LogP contribution in [0.2, 0.25) is 0 Å². The smallest absolute Gasteiger partial charge is 0.211 e. The molecule has 1 aliphatic heterocycles. The van der Waals surface area contributed by atoms with E-state index in [4.69, 9.17) is 0 Å². The molecule has 1 saturated heterocycles. The lowest BCUT2D eigenvalue weighted by atomic mass is 10.0. The SMILES string of the molecule is O=S(=O)(CCC1CCCCN1)NCCCC1CC1. The minimum Gasteiger partial charge on any atom is -0.314 e. The number of nitrogens with one attached hydrogen (secondary N) is 2. The van der Waals surface area contributed by atoms with Gasteiger partial charge in [0.25, 0.3) is 0 Å². The van der Waals surface area contributed by atoms with E-state index in [0.29, 0.717) is 12.6 Å². The predicted molar refractivity (Wildman–Crippen MR) is 74.0 cm³/mol. The maximum atomic E-state index is 11.8. The molecule has 1 heterocycles. The molecule has 0 aromatic rings. The molecule has 0 bridgehead atoms. The molecule has 1 atom stereocenters. The number of hydrogen-bond donors (Lipinski definition) is 2. The van der Waals surface area contributed by atoms with Crippen LogP contribution in [0.4, 0.5) is 0 Å². The number of sulfonamides is 1. The summed E-state index contributed by atoms with van der Waals surface area (Å²) in [6.07, 6.45) is 9.20. The molecule has 4 nitrogen and oxygen atoms in total. The summed E-state index contributed by atoms with van der Waals surface area (Å²) < 4.78 is 26.3. The third kappa shape index (κ3) is 5.67. The van der Waals surface area contributed by atoms with Crippen molar-refractivity contribution >= 4 is 10.0 Å². The zero-order valence-electron chi connectivity index (χ0n) is 11.2. The topological polar surface area (TPSA) is 58.2 Å². The lowest BCUT2D eigenvalue weighted by Crippen LogP contribution is -2.37. The fraction of sp³-hybridized carbons (Fsp3) is 1.00. The van der Waals surface area contributed by atoms with Crippen LogP contribution in [-0.4, -0.2) is 33.3 Å². The van der Waals surface area contributed by atoms with Crippen molar-refractivity contribution in [1.29, 1.82) is 0 Å². The van der Waals surface area contributed by atoms with Gasteiger partial charge in [-0.1, -0.05) is 19.3 Å². The lowest BCUT2D eigenvalue weighted by molar-refractivity contribution is 0.392. The Morgan fingerprint density at radius 3 is 2.61 bits per heavy atom. The lowest BCUT2D eigenvalue weighted by Gasteiger charge is -2.23. The van der Waals surface area contributed by atoms with Crippen molar-refractivity contribution in [1.82, 2.24) is 10.0 Å². The van der Waals surface area contributed by atoms with Crippen molar-refractivity contribution in [3.8, 4) is 0 Å². The van der Waals surface area contributed by atoms with Crippen LogP contribution in [0.5, 0.6) is 0 Å². The van der Waals surface area contributed by atoms with Crippen LogP contribution in [0.3, 0.4) is 0 Å². The maximum absolute atomic E-state index is 11.8. The molecule has 18 heavy (non-hydrogen) atoms. The highest BCUT2D eigenvalue weighted by molar-refractivity contribution is 7.89. The summed E-state index contributed by atoms with van der Waals surface area (Å²) in [4.78, 5) is 0. The number of hydrogen-bond acceptors (Lipinski definition) is 3. The minimum atomic E-state index is -3.05. The first-order valence-corrected chi connectivity index (χ1v) is 9.02. The van der Waals surface area contributed by atoms with Crippen LogP contribution in [0.15, 0.2) is 0 Å². The second-order valence-electron chi connectivity index (χ2n) is 5.73. The Hall–Kier alpha value is -0.130. The van der Waals surface area contributed by atoms with E-state index in [0.717, 1.165) is 31.7 Å². The molecule has 0 radical (unpaired) electrons. The fourth-order valence-electron chi connectivity index (χ4n) is 2.56. The van der Waals surface area contributed by atoms with E-state index in [1.54, 1.807) is 0 Å². The van der Waals surface area contributed by atoms with E-state index >= 15 is 0 Å². The fourth-order valence-corrected chi connectivity index (χ4v) is 3.76. The molecule has 1 unspecified atom stereocenters. The van der Waals surface area contributed by atoms with Crippen LogP contribution < -0.4 is 10.0 Å². The van der Waals surface area contributed by atoms with Gasteiger partial charge >= 0.3 is 0 Å². The van der Waals surface area contributed by atoms with Crippen LogP contribution in [-0.2, 0) is 10.0 Å². The second kappa shape index (κ2) is 6.87. The highest BCUT2D eigenvalue weighted by Gasteiger charge is 2.21. The van der Waals surface area contributed by atoms with Crippen molar-refractivity contribution in [3.63, 3.8) is 0 Å². The largest absolute Gasteiger partial charge is 0.314 e. The highest BCUT2D eigenvalue weighted by Crippen LogP contribution is 2.33. The van der Waals surface area contributed by atoms with Gasteiger partial charge in [0.1, 0.15) is 0 Å². The summed E-state index contributed by atoms with van der Waals surface area (Å²) in [5.41, 5.74) is 0. The monoisotopic (exact) mass is 274 g/mol. The Morgan fingerprint density at radius 1 is 1.11 bits per heavy atom. The minimum absolute atomic E-state index is 0.272. The molecule has 0 spiro atoms. The summed E-state index contributed by atoms with van der Waals surface area (Å²) in [6.45, 7) is 1.66. The van der Waals surface area contributed by atoms with Gasteiger partial charge in [0.05, 0.1) is 5.75 Å². The molecule has 106 valence electrons. The Kier molecular flexibility index (Phi) is 5.45. The van der Waals surface area contributed by atoms with Crippen LogP contribution in [0.1, 0.15) is 51.4 Å². The van der Waals surface area contributed by atoms with Crippen LogP contribution in [0.25, 0.3) is 0 Å². The third-order valence-electron chi connectivity index (χ3n) is 3.96. The predicted octanol–water partition coefficient (Wildman–Crippen LogP) is 1.63. The molecule has 1 aliphatic carbocycles. The van der Waals surface area contributed by atoms with Gasteiger partial charge in [0, 0.05) is 12.6 Å². The standard InChI is InChI=1S/C13H26N2O2S/c16-18(17,15-10-3-4-12-6-7-12)11-8-13-5-1-2-9-14-13/h12-15H,1-11H2. The molecule has 0 aromatic heterocycles. The zero-order chi connectivity index (χ0) is 12.8. The zero-order valence-corrected chi connectivity index (χ0v) is 12.0. The third-order valence-corrected chi connectivity index (χ3v) is 5.37. The summed E-state index contributed by atoms with van der Waals surface area (Å²) in [7, 11) is -3.05. The molecule has 1 saturated carbocycles. The average Bonchev–Trinajstić information content (AvgIpc) is 3.18. The molecule has 5 heteroatoms. The van der Waals surface area contributed by atoms with Gasteiger partial charge in [-0.25, -0.2) is 13.1 Å². The molecule has 2 fully saturated rings. The molecular formula is C13H26N2O2S. The molecule has 2 rings (SSSR count). The first-order chi connectivity index (χ1) is 8.66. The summed E-state index contributed by atoms with van der Waals surface area (Å²) in [5.74, 6) is 1.16. The highest BCUT2D eigenvalue weighted by atomic mass is 32.2. The van der Waals surface area contributed by atoms with E-state index in [1.807, 2.05) is 0 Å². The van der Waals surface area contributed by atoms with Gasteiger partial charge in [-0.3, -0.25) is 0 Å². The molecular weight excluding hydrogens is 248 g/mol. The van der Waals surface area contributed by atoms with Crippen molar-refractivity contribution in [2.45, 2.75) is 57.4 Å². The Morgan fingerprint density at radius 2 is 1.94 bits per heavy atom. The van der Waals surface area contributed by atoms with Gasteiger partial charge in [-0.2, -0.15) is 0 Å². The van der Waals surface area contributed by atoms with Crippen LogP contribution >= 0.6 is 0 Å². The van der Waals surface area contributed by atoms with Crippen molar-refractivity contribution in [2.24, 2.45) is 5.92 Å². The van der Waals surface area contributed by atoms with E-state index < -0.39 is 10.0 Å². The Labute approximate surface area is 111 Å². The van der Waals surface area contributed by atoms with Gasteiger partial charge in [-0.15, -0.1) is 0 Å². The average molecular weight is 274 g/mol. The van der Waals surface area contributed by atoms with E-state index in [2.05, 4.69) is 10.0 Å². The van der Waals surface area contributed by atoms with E-state index in [-0.39, 0.29) is 5.75 Å². The molecule has 0 amide bonds. The van der Waals surface area contributed by atoms with Crippen LogP contribution in [0, 0.1) is 5.92 Å². The maximum Gasteiger partial charge on any atom is 0.211 e. The van der Waals surface area contributed by atoms with Crippen molar-refractivity contribution in [2.75, 3.05) is 18.8 Å². The number of piperidine rings is 1. The quantitative estimate of drug-likeness (QED) is 0.661. The van der Waals surface area contributed by atoms with Gasteiger partial charge < -0.3 is 5.32 Å².